The van der Waals surface area contributed by atoms with Gasteiger partial charge in [-0.25, -0.2) is 0 Å². The van der Waals surface area contributed by atoms with E-state index in [0.717, 1.165) is 10.9 Å². The van der Waals surface area contributed by atoms with E-state index in [1.807, 2.05) is 24.3 Å². The van der Waals surface area contributed by atoms with Crippen molar-refractivity contribution in [3.63, 3.8) is 0 Å². The van der Waals surface area contributed by atoms with Crippen LogP contribution in [0.1, 0.15) is 16.8 Å². The van der Waals surface area contributed by atoms with Crippen LogP contribution in [0.4, 0.5) is 0 Å². The van der Waals surface area contributed by atoms with E-state index in [0.29, 0.717) is 36.8 Å². The summed E-state index contributed by atoms with van der Waals surface area (Å²) in [7, 11) is 1.51. The van der Waals surface area contributed by atoms with Gasteiger partial charge in [-0.2, -0.15) is 0 Å². The second-order valence-electron chi connectivity index (χ2n) is 6.27. The number of hydrogen-bond donors (Lipinski definition) is 1. The van der Waals surface area contributed by atoms with E-state index >= 15 is 0 Å². The fraction of sp³-hybridized carbons (Fsp3) is 0.263. The number of ketones is 1. The van der Waals surface area contributed by atoms with Crippen molar-refractivity contribution in [3.8, 4) is 11.8 Å². The van der Waals surface area contributed by atoms with Crippen LogP contribution in [0.2, 0.25) is 0 Å². The number of nitrogens with one attached hydrogen (secondary N) is 1. The molecule has 0 spiro atoms. The first-order chi connectivity index (χ1) is 13.2. The van der Waals surface area contributed by atoms with E-state index < -0.39 is 11.7 Å². The summed E-state index contributed by atoms with van der Waals surface area (Å²) in [6, 6.07) is 10.7. The molecule has 4 rings (SSSR count). The number of amides is 1. The molecule has 2 aromatic heterocycles. The van der Waals surface area contributed by atoms with Crippen molar-refractivity contribution in [1.82, 2.24) is 20.1 Å². The van der Waals surface area contributed by atoms with Gasteiger partial charge >= 0.3 is 0 Å². The van der Waals surface area contributed by atoms with Crippen molar-refractivity contribution >= 4 is 22.6 Å². The summed E-state index contributed by atoms with van der Waals surface area (Å²) in [6.07, 6.45) is 1.98. The molecule has 27 heavy (non-hydrogen) atoms. The summed E-state index contributed by atoms with van der Waals surface area (Å²) in [4.78, 5) is 29.8. The van der Waals surface area contributed by atoms with E-state index in [1.165, 1.54) is 12.0 Å². The molecule has 3 heterocycles. The van der Waals surface area contributed by atoms with Crippen LogP contribution in [-0.4, -0.2) is 58.1 Å². The first kappa shape index (κ1) is 17.0. The third-order valence-electron chi connectivity index (χ3n) is 4.57. The van der Waals surface area contributed by atoms with Gasteiger partial charge in [0.1, 0.15) is 6.10 Å². The lowest BCUT2D eigenvalue weighted by Crippen LogP contribution is -2.36. The molecular formula is C19H18N4O4. The maximum atomic E-state index is 12.7. The lowest BCUT2D eigenvalue weighted by Gasteiger charge is -2.16. The third kappa shape index (κ3) is 3.33. The number of carbonyl (C=O) groups excluding carboxylic acids is 2. The van der Waals surface area contributed by atoms with Gasteiger partial charge in [0.15, 0.2) is 0 Å². The second kappa shape index (κ2) is 7.06. The zero-order valence-corrected chi connectivity index (χ0v) is 14.7. The van der Waals surface area contributed by atoms with Gasteiger partial charge in [0.2, 0.25) is 11.8 Å². The Kier molecular flexibility index (Phi) is 4.45. The van der Waals surface area contributed by atoms with Gasteiger partial charge in [-0.1, -0.05) is 18.2 Å². The van der Waals surface area contributed by atoms with Crippen LogP contribution in [-0.2, 0) is 4.79 Å². The van der Waals surface area contributed by atoms with E-state index in [1.54, 1.807) is 18.3 Å². The SMILES string of the molecule is COc1ccc(OC2CCN(C(=O)C(=O)c3c[nH]c4ccccc34)C2)nn1. The zero-order valence-electron chi connectivity index (χ0n) is 14.7. The summed E-state index contributed by atoms with van der Waals surface area (Å²) >= 11 is 0. The monoisotopic (exact) mass is 366 g/mol. The smallest absolute Gasteiger partial charge is 0.295 e. The number of carbonyl (C=O) groups is 2. The first-order valence-corrected chi connectivity index (χ1v) is 8.60. The standard InChI is InChI=1S/C19H18N4O4/c1-26-16-6-7-17(22-21-16)27-12-8-9-23(11-12)19(25)18(24)14-10-20-15-5-3-2-4-13(14)15/h2-7,10,12,20H,8-9,11H2,1H3. The highest BCUT2D eigenvalue weighted by atomic mass is 16.5. The Morgan fingerprint density at radius 1 is 1.15 bits per heavy atom. The van der Waals surface area contributed by atoms with E-state index in [-0.39, 0.29) is 6.10 Å². The number of benzene rings is 1. The Morgan fingerprint density at radius 3 is 2.70 bits per heavy atom. The first-order valence-electron chi connectivity index (χ1n) is 8.60. The number of ether oxygens (including phenoxy) is 2. The number of H-pyrrole nitrogens is 1. The highest BCUT2D eigenvalue weighted by Gasteiger charge is 2.32. The van der Waals surface area contributed by atoms with Gasteiger partial charge in [-0.05, 0) is 6.07 Å². The predicted octanol–water partition coefficient (Wildman–Crippen LogP) is 1.83. The van der Waals surface area contributed by atoms with Crippen molar-refractivity contribution < 1.29 is 19.1 Å². The molecule has 1 unspecified atom stereocenters. The van der Waals surface area contributed by atoms with Crippen molar-refractivity contribution in [2.75, 3.05) is 20.2 Å². The van der Waals surface area contributed by atoms with Crippen LogP contribution in [0.15, 0.2) is 42.6 Å². The number of fused-ring (bicyclic) bond motifs is 1. The lowest BCUT2D eigenvalue weighted by molar-refractivity contribution is -0.125. The Labute approximate surface area is 155 Å². The van der Waals surface area contributed by atoms with Crippen LogP contribution in [0.5, 0.6) is 11.8 Å². The molecule has 1 saturated heterocycles. The molecule has 0 saturated carbocycles. The topological polar surface area (TPSA) is 97.4 Å². The van der Waals surface area contributed by atoms with Gasteiger partial charge in [0, 0.05) is 42.2 Å². The summed E-state index contributed by atoms with van der Waals surface area (Å²) in [5, 5.41) is 8.52. The number of nitrogens with zero attached hydrogens (tertiary/aromatic N) is 3. The number of aromatic nitrogens is 3. The summed E-state index contributed by atoms with van der Waals surface area (Å²) in [6.45, 7) is 0.793. The van der Waals surface area contributed by atoms with Gasteiger partial charge < -0.3 is 19.4 Å². The normalized spacial score (nSPS) is 16.5. The Balaban J connectivity index is 1.42. The Bertz CT molecular complexity index is 983. The molecule has 1 aliphatic heterocycles. The van der Waals surface area contributed by atoms with E-state index in [9.17, 15) is 9.59 Å². The largest absolute Gasteiger partial charge is 0.480 e. The van der Waals surface area contributed by atoms with Crippen LogP contribution in [0.25, 0.3) is 10.9 Å². The van der Waals surface area contributed by atoms with E-state index in [2.05, 4.69) is 15.2 Å². The quantitative estimate of drug-likeness (QED) is 0.546. The molecule has 138 valence electrons. The van der Waals surface area contributed by atoms with Crippen molar-refractivity contribution in [2.45, 2.75) is 12.5 Å². The van der Waals surface area contributed by atoms with Crippen LogP contribution in [0, 0.1) is 0 Å². The predicted molar refractivity (Wildman–Crippen MR) is 96.8 cm³/mol. The Morgan fingerprint density at radius 2 is 1.93 bits per heavy atom. The van der Waals surface area contributed by atoms with Gasteiger partial charge in [0.25, 0.3) is 11.7 Å². The second-order valence-corrected chi connectivity index (χ2v) is 6.27. The summed E-state index contributed by atoms with van der Waals surface area (Å²) < 4.78 is 10.7. The van der Waals surface area contributed by atoms with Gasteiger partial charge in [-0.3, -0.25) is 9.59 Å². The molecule has 0 aliphatic carbocycles. The highest BCUT2D eigenvalue weighted by Crippen LogP contribution is 2.21. The fourth-order valence-electron chi connectivity index (χ4n) is 3.18. The van der Waals surface area contributed by atoms with Crippen LogP contribution in [0.3, 0.4) is 0 Å². The molecule has 1 amide bonds. The average Bonchev–Trinajstić information content (AvgIpc) is 3.34. The molecule has 8 heteroatoms. The fourth-order valence-corrected chi connectivity index (χ4v) is 3.18. The minimum absolute atomic E-state index is 0.229. The zero-order chi connectivity index (χ0) is 18.8. The number of Topliss-reactive ketones (excluding diaryl/α,β-unsaturated/α-hetero) is 1. The molecule has 1 fully saturated rings. The molecule has 8 nitrogen and oxygen atoms in total. The van der Waals surface area contributed by atoms with Gasteiger partial charge in [-0.15, -0.1) is 10.2 Å². The minimum Gasteiger partial charge on any atom is -0.480 e. The van der Waals surface area contributed by atoms with Crippen molar-refractivity contribution in [1.29, 1.82) is 0 Å². The average molecular weight is 366 g/mol. The van der Waals surface area contributed by atoms with Crippen molar-refractivity contribution in [3.05, 3.63) is 48.2 Å². The molecule has 1 aliphatic rings. The van der Waals surface area contributed by atoms with Crippen LogP contribution < -0.4 is 9.47 Å². The van der Waals surface area contributed by atoms with E-state index in [4.69, 9.17) is 9.47 Å². The maximum Gasteiger partial charge on any atom is 0.295 e. The van der Waals surface area contributed by atoms with Gasteiger partial charge in [0.05, 0.1) is 19.2 Å². The minimum atomic E-state index is -0.522. The number of para-hydroxylation sites is 1. The summed E-state index contributed by atoms with van der Waals surface area (Å²) in [5.74, 6) is -0.281. The summed E-state index contributed by atoms with van der Waals surface area (Å²) in [5.41, 5.74) is 1.22. The Hall–Kier alpha value is -3.42. The number of hydrogen-bond acceptors (Lipinski definition) is 6. The number of methoxy groups -OCH3 is 1. The highest BCUT2D eigenvalue weighted by molar-refractivity contribution is 6.44. The third-order valence-corrected chi connectivity index (χ3v) is 4.57. The number of aromatic amines is 1. The maximum absolute atomic E-state index is 12.7. The number of likely N-dealkylation sites (tertiary alicyclic amines) is 1. The number of rotatable bonds is 5. The molecule has 1 aromatic carbocycles. The molecule has 0 radical (unpaired) electrons. The molecule has 0 bridgehead atoms. The molecular weight excluding hydrogens is 348 g/mol. The lowest BCUT2D eigenvalue weighted by atomic mass is 10.1. The molecule has 1 N–H and O–H groups in total. The molecule has 1 atom stereocenters. The van der Waals surface area contributed by atoms with Crippen LogP contribution >= 0.6 is 0 Å². The van der Waals surface area contributed by atoms with Crippen molar-refractivity contribution in [2.24, 2.45) is 0 Å². The molecule has 3 aromatic rings.